The minimum atomic E-state index is -0.679. The fourth-order valence-electron chi connectivity index (χ4n) is 5.40. The van der Waals surface area contributed by atoms with Gasteiger partial charge in [0.05, 0.1) is 17.6 Å². The second-order valence-corrected chi connectivity index (χ2v) is 11.0. The summed E-state index contributed by atoms with van der Waals surface area (Å²) in [6.45, 7) is 3.00. The molecule has 2 aromatic heterocycles. The zero-order valence-electron chi connectivity index (χ0n) is 20.4. The number of ether oxygens (including phenoxy) is 1. The van der Waals surface area contributed by atoms with E-state index in [1.807, 2.05) is 29.8 Å². The van der Waals surface area contributed by atoms with Crippen LogP contribution in [0.5, 0.6) is 5.75 Å². The summed E-state index contributed by atoms with van der Waals surface area (Å²) in [5.74, 6) is 0.859. The smallest absolute Gasteiger partial charge is 0.303 e. The summed E-state index contributed by atoms with van der Waals surface area (Å²) in [4.78, 5) is 19.8. The van der Waals surface area contributed by atoms with Crippen LogP contribution in [0.2, 0.25) is 5.02 Å². The van der Waals surface area contributed by atoms with Crippen molar-refractivity contribution in [2.45, 2.75) is 51.4 Å². The van der Waals surface area contributed by atoms with Gasteiger partial charge in [-0.2, -0.15) is 0 Å². The number of unbranched alkanes of at least 4 members (excludes halogenated alkanes) is 1. The Hall–Kier alpha value is -2.15. The third-order valence-electron chi connectivity index (χ3n) is 7.29. The number of rotatable bonds is 12. The Morgan fingerprint density at radius 1 is 1.20 bits per heavy atom. The summed E-state index contributed by atoms with van der Waals surface area (Å²) in [6, 6.07) is 10.1. The molecule has 1 saturated heterocycles. The largest absolute Gasteiger partial charge is 0.497 e. The molecule has 0 aliphatic carbocycles. The Labute approximate surface area is 217 Å². The Balaban J connectivity index is 1.28. The van der Waals surface area contributed by atoms with E-state index in [0.717, 1.165) is 86.3 Å². The molecule has 1 aromatic carbocycles. The molecule has 3 aromatic rings. The summed E-state index contributed by atoms with van der Waals surface area (Å²) < 4.78 is 5.40. The van der Waals surface area contributed by atoms with Gasteiger partial charge in [0.1, 0.15) is 5.75 Å². The summed E-state index contributed by atoms with van der Waals surface area (Å²) in [7, 11) is 1.69. The SMILES string of the molecule is COc1ccc2nccc(CCC[C@@H]3CCN(CCCCc4sccc4Cl)C[C@@H]3CC(=O)O)c2c1. The molecule has 3 heterocycles. The van der Waals surface area contributed by atoms with E-state index < -0.39 is 5.97 Å². The molecule has 2 atom stereocenters. The van der Waals surface area contributed by atoms with Crippen molar-refractivity contribution < 1.29 is 14.6 Å². The van der Waals surface area contributed by atoms with Crippen molar-refractivity contribution in [1.82, 2.24) is 9.88 Å². The molecule has 7 heteroatoms. The highest BCUT2D eigenvalue weighted by atomic mass is 35.5. The minimum Gasteiger partial charge on any atom is -0.497 e. The van der Waals surface area contributed by atoms with E-state index in [9.17, 15) is 9.90 Å². The number of methoxy groups -OCH3 is 1. The summed E-state index contributed by atoms with van der Waals surface area (Å²) in [6.07, 6.45) is 9.59. The first-order chi connectivity index (χ1) is 17.0. The highest BCUT2D eigenvalue weighted by Gasteiger charge is 2.30. The number of hydrogen-bond acceptors (Lipinski definition) is 5. The van der Waals surface area contributed by atoms with E-state index in [0.29, 0.717) is 5.92 Å². The molecule has 1 N–H and O–H groups in total. The molecule has 0 bridgehead atoms. The topological polar surface area (TPSA) is 62.7 Å². The number of benzene rings is 1. The van der Waals surface area contributed by atoms with Crippen LogP contribution in [-0.4, -0.2) is 47.7 Å². The van der Waals surface area contributed by atoms with Gasteiger partial charge in [-0.05, 0) is 111 Å². The van der Waals surface area contributed by atoms with Crippen molar-refractivity contribution in [3.8, 4) is 5.75 Å². The van der Waals surface area contributed by atoms with Gasteiger partial charge in [0, 0.05) is 29.4 Å². The molecule has 5 nitrogen and oxygen atoms in total. The number of carbonyl (C=O) groups is 1. The minimum absolute atomic E-state index is 0.224. The van der Waals surface area contributed by atoms with Crippen LogP contribution >= 0.6 is 22.9 Å². The first-order valence-corrected chi connectivity index (χ1v) is 13.9. The fourth-order valence-corrected chi connectivity index (χ4v) is 6.58. The molecule has 0 spiro atoms. The highest BCUT2D eigenvalue weighted by Crippen LogP contribution is 2.32. The van der Waals surface area contributed by atoms with Crippen molar-refractivity contribution >= 4 is 39.8 Å². The number of aliphatic carboxylic acids is 1. The number of pyridine rings is 1. The van der Waals surface area contributed by atoms with Crippen LogP contribution in [-0.2, 0) is 17.6 Å². The first kappa shape index (κ1) is 25.9. The third kappa shape index (κ3) is 7.18. The number of thiophene rings is 1. The molecule has 0 amide bonds. The lowest BCUT2D eigenvalue weighted by atomic mass is 9.79. The average molecular weight is 515 g/mol. The number of carboxylic acids is 1. The molecule has 0 unspecified atom stereocenters. The van der Waals surface area contributed by atoms with E-state index in [2.05, 4.69) is 22.0 Å². The molecular formula is C28H35ClN2O3S. The lowest BCUT2D eigenvalue weighted by Gasteiger charge is -2.38. The van der Waals surface area contributed by atoms with Crippen LogP contribution in [0.3, 0.4) is 0 Å². The quantitative estimate of drug-likeness (QED) is 0.272. The zero-order valence-corrected chi connectivity index (χ0v) is 22.0. The van der Waals surface area contributed by atoms with Gasteiger partial charge < -0.3 is 14.7 Å². The normalized spacial score (nSPS) is 18.7. The summed E-state index contributed by atoms with van der Waals surface area (Å²) in [5, 5.41) is 13.6. The molecule has 0 saturated carbocycles. The fraction of sp³-hybridized carbons (Fsp3) is 0.500. The van der Waals surface area contributed by atoms with Gasteiger partial charge >= 0.3 is 5.97 Å². The van der Waals surface area contributed by atoms with Gasteiger partial charge in [0.2, 0.25) is 0 Å². The summed E-state index contributed by atoms with van der Waals surface area (Å²) in [5.41, 5.74) is 2.27. The number of hydrogen-bond donors (Lipinski definition) is 1. The average Bonchev–Trinajstić information content (AvgIpc) is 3.27. The van der Waals surface area contributed by atoms with Crippen molar-refractivity contribution in [1.29, 1.82) is 0 Å². The molecule has 1 aliphatic rings. The lowest BCUT2D eigenvalue weighted by Crippen LogP contribution is -2.41. The van der Waals surface area contributed by atoms with Crippen LogP contribution in [0.25, 0.3) is 10.9 Å². The van der Waals surface area contributed by atoms with Crippen LogP contribution in [0.1, 0.15) is 49.0 Å². The predicted octanol–water partition coefficient (Wildman–Crippen LogP) is 6.72. The van der Waals surface area contributed by atoms with Crippen molar-refractivity contribution in [2.75, 3.05) is 26.7 Å². The van der Waals surface area contributed by atoms with Crippen molar-refractivity contribution in [3.63, 3.8) is 0 Å². The van der Waals surface area contributed by atoms with Gasteiger partial charge in [-0.3, -0.25) is 9.78 Å². The lowest BCUT2D eigenvalue weighted by molar-refractivity contribution is -0.139. The number of likely N-dealkylation sites (tertiary alicyclic amines) is 1. The number of carboxylic acid groups (broad SMARTS) is 1. The molecule has 1 aliphatic heterocycles. The maximum atomic E-state index is 11.6. The number of fused-ring (bicyclic) bond motifs is 1. The van der Waals surface area contributed by atoms with Gasteiger partial charge in [0.15, 0.2) is 0 Å². The van der Waals surface area contributed by atoms with Gasteiger partial charge in [-0.15, -0.1) is 11.3 Å². The third-order valence-corrected chi connectivity index (χ3v) is 8.74. The Morgan fingerprint density at radius 2 is 2.09 bits per heavy atom. The van der Waals surface area contributed by atoms with Crippen LogP contribution in [0.15, 0.2) is 41.9 Å². The van der Waals surface area contributed by atoms with E-state index in [1.165, 1.54) is 10.4 Å². The van der Waals surface area contributed by atoms with Gasteiger partial charge in [-0.25, -0.2) is 0 Å². The van der Waals surface area contributed by atoms with Crippen molar-refractivity contribution in [3.05, 3.63) is 57.4 Å². The Bertz CT molecular complexity index is 1120. The van der Waals surface area contributed by atoms with E-state index >= 15 is 0 Å². The predicted molar refractivity (Wildman–Crippen MR) is 144 cm³/mol. The monoisotopic (exact) mass is 514 g/mol. The molecule has 4 rings (SSSR count). The maximum absolute atomic E-state index is 11.6. The van der Waals surface area contributed by atoms with E-state index in [-0.39, 0.29) is 12.3 Å². The number of halogens is 1. The maximum Gasteiger partial charge on any atom is 0.303 e. The highest BCUT2D eigenvalue weighted by molar-refractivity contribution is 7.10. The first-order valence-electron chi connectivity index (χ1n) is 12.6. The number of nitrogens with zero attached hydrogens (tertiary/aromatic N) is 2. The van der Waals surface area contributed by atoms with Gasteiger partial charge in [-0.1, -0.05) is 11.6 Å². The van der Waals surface area contributed by atoms with Crippen LogP contribution < -0.4 is 4.74 Å². The zero-order chi connectivity index (χ0) is 24.6. The van der Waals surface area contributed by atoms with Crippen LogP contribution in [0.4, 0.5) is 0 Å². The van der Waals surface area contributed by atoms with Gasteiger partial charge in [0.25, 0.3) is 0 Å². The second kappa shape index (κ2) is 12.7. The molecule has 35 heavy (non-hydrogen) atoms. The number of piperidine rings is 1. The van der Waals surface area contributed by atoms with E-state index in [1.54, 1.807) is 18.4 Å². The Kier molecular flexibility index (Phi) is 9.41. The summed E-state index contributed by atoms with van der Waals surface area (Å²) >= 11 is 7.94. The standard InChI is InChI=1S/C28H35ClN2O3S/c1-34-23-8-9-26-24(18-23)21(10-13-30-26)6-4-5-20-11-15-31(19-22(20)17-28(32)33)14-3-2-7-27-25(29)12-16-35-27/h8-10,12-13,16,18,20,22H,2-7,11,14-15,17,19H2,1H3,(H,32,33)/t20-,22+/m1/s1. The molecule has 1 fully saturated rings. The number of aryl methyl sites for hydroxylation is 2. The molecule has 188 valence electrons. The van der Waals surface area contributed by atoms with Crippen LogP contribution in [0, 0.1) is 11.8 Å². The second-order valence-electron chi connectivity index (χ2n) is 9.60. The van der Waals surface area contributed by atoms with E-state index in [4.69, 9.17) is 16.3 Å². The molecular weight excluding hydrogens is 480 g/mol. The Morgan fingerprint density at radius 3 is 2.86 bits per heavy atom. The number of aromatic nitrogens is 1. The van der Waals surface area contributed by atoms with Crippen molar-refractivity contribution in [2.24, 2.45) is 11.8 Å². The molecule has 0 radical (unpaired) electrons.